The third-order valence-electron chi connectivity index (χ3n) is 2.01. The molecule has 0 spiro atoms. The Bertz CT molecular complexity index is 329. The second-order valence-electron chi connectivity index (χ2n) is 3.35. The molecule has 2 N–H and O–H groups in total. The molecule has 7 heteroatoms. The van der Waals surface area contributed by atoms with Gasteiger partial charge in [-0.2, -0.15) is 13.2 Å². The molecule has 0 aromatic carbocycles. The zero-order chi connectivity index (χ0) is 12.2. The van der Waals surface area contributed by atoms with Gasteiger partial charge in [0, 0.05) is 18.3 Å². The van der Waals surface area contributed by atoms with Crippen molar-refractivity contribution in [1.82, 2.24) is 4.98 Å². The SMILES string of the molecule is CCC(N)c1ccc(OCC(F)(F)F)nc1.Cl. The maximum absolute atomic E-state index is 11.8. The van der Waals surface area contributed by atoms with Crippen LogP contribution in [0.5, 0.6) is 5.88 Å². The molecule has 1 atom stereocenters. The molecule has 1 rings (SSSR count). The average Bonchev–Trinajstić information content (AvgIpc) is 2.25. The predicted molar refractivity (Wildman–Crippen MR) is 60.3 cm³/mol. The van der Waals surface area contributed by atoms with Gasteiger partial charge >= 0.3 is 6.18 Å². The Morgan fingerprint density at radius 2 is 2.06 bits per heavy atom. The summed E-state index contributed by atoms with van der Waals surface area (Å²) in [7, 11) is 0. The molecule has 0 fully saturated rings. The van der Waals surface area contributed by atoms with Gasteiger partial charge in [0.1, 0.15) is 0 Å². The first kappa shape index (κ1) is 16.0. The molecule has 1 unspecified atom stereocenters. The number of pyridine rings is 1. The topological polar surface area (TPSA) is 48.1 Å². The molecule has 0 aliphatic rings. The Kier molecular flexibility index (Phi) is 6.26. The minimum atomic E-state index is -4.35. The minimum absolute atomic E-state index is 0. The summed E-state index contributed by atoms with van der Waals surface area (Å²) in [6.45, 7) is 0.581. The van der Waals surface area contributed by atoms with Crippen molar-refractivity contribution in [3.8, 4) is 5.88 Å². The molecule has 3 nitrogen and oxygen atoms in total. The largest absolute Gasteiger partial charge is 0.468 e. The van der Waals surface area contributed by atoms with Crippen LogP contribution < -0.4 is 10.5 Å². The van der Waals surface area contributed by atoms with Crippen LogP contribution in [0.25, 0.3) is 0 Å². The van der Waals surface area contributed by atoms with Gasteiger partial charge in [-0.05, 0) is 12.0 Å². The first-order valence-electron chi connectivity index (χ1n) is 4.83. The van der Waals surface area contributed by atoms with Gasteiger partial charge < -0.3 is 10.5 Å². The van der Waals surface area contributed by atoms with Crippen LogP contribution in [0.1, 0.15) is 24.9 Å². The second kappa shape index (κ2) is 6.66. The van der Waals surface area contributed by atoms with Gasteiger partial charge in [0.2, 0.25) is 5.88 Å². The van der Waals surface area contributed by atoms with E-state index in [9.17, 15) is 13.2 Å². The number of hydrogen-bond donors (Lipinski definition) is 1. The third kappa shape index (κ3) is 5.74. The van der Waals surface area contributed by atoms with Gasteiger partial charge in [0.05, 0.1) is 0 Å². The van der Waals surface area contributed by atoms with E-state index in [-0.39, 0.29) is 24.3 Å². The quantitative estimate of drug-likeness (QED) is 0.915. The summed E-state index contributed by atoms with van der Waals surface area (Å²) < 4.78 is 40.0. The lowest BCUT2D eigenvalue weighted by Crippen LogP contribution is -2.19. The van der Waals surface area contributed by atoms with Gasteiger partial charge in [0.25, 0.3) is 0 Å². The molecule has 0 bridgehead atoms. The lowest BCUT2D eigenvalue weighted by molar-refractivity contribution is -0.154. The van der Waals surface area contributed by atoms with Crippen LogP contribution in [0.15, 0.2) is 18.3 Å². The molecule has 1 heterocycles. The van der Waals surface area contributed by atoms with Gasteiger partial charge in [0.15, 0.2) is 6.61 Å². The monoisotopic (exact) mass is 270 g/mol. The molecule has 0 aliphatic carbocycles. The van der Waals surface area contributed by atoms with Crippen LogP contribution >= 0.6 is 12.4 Å². The molecule has 1 aromatic rings. The number of alkyl halides is 3. The highest BCUT2D eigenvalue weighted by atomic mass is 35.5. The van der Waals surface area contributed by atoms with Crippen molar-refractivity contribution in [3.05, 3.63) is 23.9 Å². The predicted octanol–water partition coefficient (Wildman–Crippen LogP) is 2.85. The van der Waals surface area contributed by atoms with E-state index < -0.39 is 12.8 Å². The van der Waals surface area contributed by atoms with Gasteiger partial charge in [-0.25, -0.2) is 4.98 Å². The highest BCUT2D eigenvalue weighted by Crippen LogP contribution is 2.18. The first-order valence-corrected chi connectivity index (χ1v) is 4.83. The Balaban J connectivity index is 0.00000256. The normalized spacial score (nSPS) is 12.8. The van der Waals surface area contributed by atoms with E-state index >= 15 is 0 Å². The summed E-state index contributed by atoms with van der Waals surface area (Å²) in [5.41, 5.74) is 6.51. The highest BCUT2D eigenvalue weighted by molar-refractivity contribution is 5.85. The number of halogens is 4. The molecule has 1 aromatic heterocycles. The molecular weight excluding hydrogens is 257 g/mol. The van der Waals surface area contributed by atoms with Crippen molar-refractivity contribution in [2.45, 2.75) is 25.6 Å². The smallest absolute Gasteiger partial charge is 0.422 e. The maximum Gasteiger partial charge on any atom is 0.422 e. The van der Waals surface area contributed by atoms with Gasteiger partial charge in [-0.1, -0.05) is 13.0 Å². The fourth-order valence-electron chi connectivity index (χ4n) is 1.09. The number of nitrogens with two attached hydrogens (primary N) is 1. The summed E-state index contributed by atoms with van der Waals surface area (Å²) in [4.78, 5) is 3.75. The third-order valence-corrected chi connectivity index (χ3v) is 2.01. The van der Waals surface area contributed by atoms with Crippen LogP contribution in [0.2, 0.25) is 0 Å². The van der Waals surface area contributed by atoms with Crippen molar-refractivity contribution < 1.29 is 17.9 Å². The van der Waals surface area contributed by atoms with Crippen molar-refractivity contribution in [1.29, 1.82) is 0 Å². The first-order chi connectivity index (χ1) is 7.42. The number of ether oxygens (including phenoxy) is 1. The number of hydrogen-bond acceptors (Lipinski definition) is 3. The van der Waals surface area contributed by atoms with E-state index in [2.05, 4.69) is 9.72 Å². The van der Waals surface area contributed by atoms with Crippen LogP contribution in [0, 0.1) is 0 Å². The van der Waals surface area contributed by atoms with Crippen molar-refractivity contribution >= 4 is 12.4 Å². The van der Waals surface area contributed by atoms with E-state index in [1.807, 2.05) is 6.92 Å². The van der Waals surface area contributed by atoms with E-state index in [1.165, 1.54) is 12.3 Å². The summed E-state index contributed by atoms with van der Waals surface area (Å²) >= 11 is 0. The van der Waals surface area contributed by atoms with Crippen LogP contribution in [0.4, 0.5) is 13.2 Å². The number of aromatic nitrogens is 1. The lowest BCUT2D eigenvalue weighted by atomic mass is 10.1. The van der Waals surface area contributed by atoms with Crippen LogP contribution in [-0.4, -0.2) is 17.8 Å². The molecule has 0 aliphatic heterocycles. The number of nitrogens with zero attached hydrogens (tertiary/aromatic N) is 1. The lowest BCUT2D eigenvalue weighted by Gasteiger charge is -2.10. The Morgan fingerprint density at radius 3 is 2.47 bits per heavy atom. The standard InChI is InChI=1S/C10H13F3N2O.ClH/c1-2-8(14)7-3-4-9(15-5-7)16-6-10(11,12)13;/h3-5,8H,2,6,14H2,1H3;1H. The number of rotatable bonds is 4. The molecule has 0 amide bonds. The summed E-state index contributed by atoms with van der Waals surface area (Å²) in [5, 5.41) is 0. The molecule has 0 radical (unpaired) electrons. The Labute approximate surface area is 104 Å². The molecule has 98 valence electrons. The molecule has 0 saturated carbocycles. The Hall–Kier alpha value is -1.01. The van der Waals surface area contributed by atoms with Crippen molar-refractivity contribution in [2.75, 3.05) is 6.61 Å². The summed E-state index contributed by atoms with van der Waals surface area (Å²) in [6.07, 6.45) is -2.18. The molecule has 17 heavy (non-hydrogen) atoms. The van der Waals surface area contributed by atoms with Gasteiger partial charge in [-0.3, -0.25) is 0 Å². The summed E-state index contributed by atoms with van der Waals surface area (Å²) in [5.74, 6) is -0.0515. The van der Waals surface area contributed by atoms with E-state index in [4.69, 9.17) is 5.73 Å². The van der Waals surface area contributed by atoms with Crippen molar-refractivity contribution in [2.24, 2.45) is 5.73 Å². The maximum atomic E-state index is 11.8. The molecule has 0 saturated heterocycles. The molecular formula is C10H14ClF3N2O. The van der Waals surface area contributed by atoms with E-state index in [0.29, 0.717) is 0 Å². The van der Waals surface area contributed by atoms with E-state index in [0.717, 1.165) is 12.0 Å². The summed E-state index contributed by atoms with van der Waals surface area (Å²) in [6, 6.07) is 2.85. The zero-order valence-corrected chi connectivity index (χ0v) is 10.0. The second-order valence-corrected chi connectivity index (χ2v) is 3.35. The Morgan fingerprint density at radius 1 is 1.41 bits per heavy atom. The average molecular weight is 271 g/mol. The fourth-order valence-corrected chi connectivity index (χ4v) is 1.09. The van der Waals surface area contributed by atoms with Gasteiger partial charge in [-0.15, -0.1) is 12.4 Å². The van der Waals surface area contributed by atoms with Crippen molar-refractivity contribution in [3.63, 3.8) is 0 Å². The van der Waals surface area contributed by atoms with E-state index in [1.54, 1.807) is 6.07 Å². The highest BCUT2D eigenvalue weighted by Gasteiger charge is 2.28. The minimum Gasteiger partial charge on any atom is -0.468 e. The zero-order valence-electron chi connectivity index (χ0n) is 9.20. The van der Waals surface area contributed by atoms with Crippen LogP contribution in [-0.2, 0) is 0 Å². The van der Waals surface area contributed by atoms with Crippen LogP contribution in [0.3, 0.4) is 0 Å². The fraction of sp³-hybridized carbons (Fsp3) is 0.500.